The second-order valence-electron chi connectivity index (χ2n) is 7.30. The summed E-state index contributed by atoms with van der Waals surface area (Å²) in [5.74, 6) is 1.12. The molecule has 0 fully saturated rings. The number of fused-ring (bicyclic) bond motifs is 1. The number of nitrogens with zero attached hydrogens (tertiary/aromatic N) is 4. The summed E-state index contributed by atoms with van der Waals surface area (Å²) in [6.45, 7) is 5.00. The maximum Gasteiger partial charge on any atom is 0.251 e. The first-order valence-corrected chi connectivity index (χ1v) is 10.4. The summed E-state index contributed by atoms with van der Waals surface area (Å²) >= 11 is 0. The topological polar surface area (TPSA) is 90.6 Å². The van der Waals surface area contributed by atoms with E-state index in [1.165, 1.54) is 0 Å². The molecule has 4 rings (SSSR count). The maximum atomic E-state index is 12.6. The van der Waals surface area contributed by atoms with Crippen LogP contribution in [0.5, 0.6) is 5.75 Å². The zero-order valence-electron chi connectivity index (χ0n) is 18.3. The first-order chi connectivity index (χ1) is 15.6. The number of hydrogen-bond donors (Lipinski definition) is 1. The maximum absolute atomic E-state index is 12.6. The molecule has 0 radical (unpaired) electrons. The summed E-state index contributed by atoms with van der Waals surface area (Å²) < 4.78 is 12.2. The highest BCUT2D eigenvalue weighted by molar-refractivity contribution is 5.94. The predicted octanol–water partition coefficient (Wildman–Crippen LogP) is 3.83. The molecule has 0 unspecified atom stereocenters. The summed E-state index contributed by atoms with van der Waals surface area (Å²) in [5.41, 5.74) is 3.99. The number of aromatic nitrogens is 4. The highest BCUT2D eigenvalue weighted by atomic mass is 16.5. The van der Waals surface area contributed by atoms with Gasteiger partial charge in [0.1, 0.15) is 12.1 Å². The van der Waals surface area contributed by atoms with E-state index in [0.717, 1.165) is 22.6 Å². The Morgan fingerprint density at radius 3 is 2.56 bits per heavy atom. The van der Waals surface area contributed by atoms with Crippen molar-refractivity contribution in [2.75, 3.05) is 13.7 Å². The van der Waals surface area contributed by atoms with Crippen LogP contribution in [0, 0.1) is 0 Å². The van der Waals surface area contributed by atoms with E-state index in [4.69, 9.17) is 9.47 Å². The molecule has 32 heavy (non-hydrogen) atoms. The normalized spacial score (nSPS) is 12.0. The van der Waals surface area contributed by atoms with E-state index in [1.54, 1.807) is 30.1 Å². The van der Waals surface area contributed by atoms with Crippen molar-refractivity contribution in [3.05, 3.63) is 77.9 Å². The van der Waals surface area contributed by atoms with Gasteiger partial charge >= 0.3 is 0 Å². The number of carbonyl (C=O) groups is 1. The van der Waals surface area contributed by atoms with Crippen LogP contribution in [-0.2, 0) is 11.3 Å². The molecule has 0 saturated heterocycles. The van der Waals surface area contributed by atoms with Crippen LogP contribution in [0.3, 0.4) is 0 Å². The van der Waals surface area contributed by atoms with Crippen molar-refractivity contribution in [3.63, 3.8) is 0 Å². The van der Waals surface area contributed by atoms with Gasteiger partial charge in [-0.2, -0.15) is 0 Å². The Labute approximate surface area is 186 Å². The second-order valence-corrected chi connectivity index (χ2v) is 7.30. The minimum Gasteiger partial charge on any atom is -0.497 e. The van der Waals surface area contributed by atoms with Crippen molar-refractivity contribution in [1.82, 2.24) is 24.9 Å². The molecule has 1 amide bonds. The third-order valence-corrected chi connectivity index (χ3v) is 5.06. The fourth-order valence-corrected chi connectivity index (χ4v) is 3.23. The standard InChI is InChI=1S/C24H25N5O3/c1-4-32-14-17-5-7-19(8-6-17)24(30)26-16(2)23-27-22-13-21(25-15-29(22)28-23)18-9-11-20(31-3)12-10-18/h5-13,15-16H,4,14H2,1-3H3,(H,26,30)/t16-/m1/s1. The van der Waals surface area contributed by atoms with Crippen LogP contribution in [0.2, 0.25) is 0 Å². The number of rotatable bonds is 8. The van der Waals surface area contributed by atoms with E-state index in [2.05, 4.69) is 20.4 Å². The van der Waals surface area contributed by atoms with E-state index >= 15 is 0 Å². The molecule has 2 heterocycles. The lowest BCUT2D eigenvalue weighted by Gasteiger charge is -2.11. The number of carbonyl (C=O) groups excluding carboxylic acids is 1. The molecule has 0 saturated carbocycles. The Kier molecular flexibility index (Phi) is 6.42. The van der Waals surface area contributed by atoms with E-state index in [9.17, 15) is 4.79 Å². The first kappa shape index (κ1) is 21.5. The van der Waals surface area contributed by atoms with E-state index in [-0.39, 0.29) is 11.9 Å². The Balaban J connectivity index is 1.47. The molecule has 0 bridgehead atoms. The van der Waals surface area contributed by atoms with Gasteiger partial charge in [0.05, 0.1) is 25.5 Å². The van der Waals surface area contributed by atoms with Crippen LogP contribution >= 0.6 is 0 Å². The van der Waals surface area contributed by atoms with Crippen LogP contribution in [-0.4, -0.2) is 39.2 Å². The van der Waals surface area contributed by atoms with Gasteiger partial charge in [0, 0.05) is 23.8 Å². The van der Waals surface area contributed by atoms with Gasteiger partial charge in [-0.25, -0.2) is 14.5 Å². The van der Waals surface area contributed by atoms with Crippen molar-refractivity contribution in [1.29, 1.82) is 0 Å². The van der Waals surface area contributed by atoms with Gasteiger partial charge in [0.15, 0.2) is 11.5 Å². The minimum absolute atomic E-state index is 0.184. The smallest absolute Gasteiger partial charge is 0.251 e. The lowest BCUT2D eigenvalue weighted by molar-refractivity contribution is 0.0938. The number of hydrogen-bond acceptors (Lipinski definition) is 6. The van der Waals surface area contributed by atoms with Crippen molar-refractivity contribution < 1.29 is 14.3 Å². The molecule has 0 aliphatic rings. The van der Waals surface area contributed by atoms with Crippen LogP contribution in [0.4, 0.5) is 0 Å². The molecule has 1 atom stereocenters. The van der Waals surface area contributed by atoms with Crippen LogP contribution in [0.25, 0.3) is 16.9 Å². The Morgan fingerprint density at radius 1 is 1.12 bits per heavy atom. The number of nitrogens with one attached hydrogen (secondary N) is 1. The highest BCUT2D eigenvalue weighted by Crippen LogP contribution is 2.22. The third kappa shape index (κ3) is 4.76. The van der Waals surface area contributed by atoms with Gasteiger partial charge in [0.25, 0.3) is 5.91 Å². The Hall–Kier alpha value is -3.78. The Bertz CT molecular complexity index is 1200. The fourth-order valence-electron chi connectivity index (χ4n) is 3.23. The minimum atomic E-state index is -0.366. The van der Waals surface area contributed by atoms with E-state index in [0.29, 0.717) is 30.2 Å². The van der Waals surface area contributed by atoms with Gasteiger partial charge in [-0.1, -0.05) is 12.1 Å². The van der Waals surface area contributed by atoms with Gasteiger partial charge in [0.2, 0.25) is 0 Å². The number of benzene rings is 2. The number of amides is 1. The molecule has 0 spiro atoms. The van der Waals surface area contributed by atoms with E-state index in [1.807, 2.05) is 56.3 Å². The number of methoxy groups -OCH3 is 1. The summed E-state index contributed by atoms with van der Waals surface area (Å²) in [5, 5.41) is 7.41. The lowest BCUT2D eigenvalue weighted by Crippen LogP contribution is -2.27. The monoisotopic (exact) mass is 431 g/mol. The molecule has 8 nitrogen and oxygen atoms in total. The zero-order valence-corrected chi connectivity index (χ0v) is 18.3. The second kappa shape index (κ2) is 9.57. The summed E-state index contributed by atoms with van der Waals surface area (Å²) in [4.78, 5) is 21.7. The van der Waals surface area contributed by atoms with Crippen molar-refractivity contribution in [3.8, 4) is 17.0 Å². The molecule has 0 aliphatic carbocycles. The van der Waals surface area contributed by atoms with E-state index < -0.39 is 0 Å². The molecule has 164 valence electrons. The lowest BCUT2D eigenvalue weighted by atomic mass is 10.1. The highest BCUT2D eigenvalue weighted by Gasteiger charge is 2.16. The average molecular weight is 431 g/mol. The molecule has 2 aromatic carbocycles. The summed E-state index contributed by atoms with van der Waals surface area (Å²) in [6, 6.07) is 16.5. The van der Waals surface area contributed by atoms with Gasteiger partial charge < -0.3 is 14.8 Å². The molecular weight excluding hydrogens is 406 g/mol. The molecular formula is C24H25N5O3. The third-order valence-electron chi connectivity index (χ3n) is 5.06. The van der Waals surface area contributed by atoms with Gasteiger partial charge in [-0.3, -0.25) is 4.79 Å². The van der Waals surface area contributed by atoms with Gasteiger partial charge in [-0.15, -0.1) is 5.10 Å². The Morgan fingerprint density at radius 2 is 1.88 bits per heavy atom. The molecule has 2 aromatic heterocycles. The van der Waals surface area contributed by atoms with Crippen molar-refractivity contribution in [2.45, 2.75) is 26.5 Å². The predicted molar refractivity (Wildman–Crippen MR) is 120 cm³/mol. The van der Waals surface area contributed by atoms with Gasteiger partial charge in [-0.05, 0) is 55.8 Å². The van der Waals surface area contributed by atoms with Crippen LogP contribution in [0.15, 0.2) is 60.9 Å². The molecule has 0 aliphatic heterocycles. The first-order valence-electron chi connectivity index (χ1n) is 10.4. The van der Waals surface area contributed by atoms with Crippen molar-refractivity contribution in [2.24, 2.45) is 0 Å². The molecule has 8 heteroatoms. The molecule has 4 aromatic rings. The van der Waals surface area contributed by atoms with Crippen LogP contribution < -0.4 is 10.1 Å². The summed E-state index contributed by atoms with van der Waals surface area (Å²) in [7, 11) is 1.63. The largest absolute Gasteiger partial charge is 0.497 e. The average Bonchev–Trinajstić information content (AvgIpc) is 3.27. The number of ether oxygens (including phenoxy) is 2. The summed E-state index contributed by atoms with van der Waals surface area (Å²) in [6.07, 6.45) is 1.62. The SMILES string of the molecule is CCOCc1ccc(C(=O)N[C@H](C)c2nc3cc(-c4ccc(OC)cc4)ncn3n2)cc1. The zero-order chi connectivity index (χ0) is 22.5. The fraction of sp³-hybridized carbons (Fsp3) is 0.250. The molecule has 1 N–H and O–H groups in total. The van der Waals surface area contributed by atoms with Crippen LogP contribution in [0.1, 0.15) is 41.6 Å². The quantitative estimate of drug-likeness (QED) is 0.456. The van der Waals surface area contributed by atoms with Crippen molar-refractivity contribution >= 4 is 11.6 Å².